The maximum atomic E-state index is 13.5. The second kappa shape index (κ2) is 8.44. The molecule has 1 amide bonds. The Labute approximate surface area is 150 Å². The zero-order valence-corrected chi connectivity index (χ0v) is 14.7. The zero-order valence-electron chi connectivity index (χ0n) is 11.8. The molecule has 2 aromatic carbocycles. The molecule has 0 radical (unpaired) electrons. The fraction of sp³-hybridized carbons (Fsp3) is 0.133. The van der Waals surface area contributed by atoms with E-state index in [9.17, 15) is 9.18 Å². The quantitative estimate of drug-likeness (QED) is 0.358. The van der Waals surface area contributed by atoms with E-state index in [4.69, 9.17) is 21.5 Å². The maximum absolute atomic E-state index is 13.5. The molecule has 0 aliphatic rings. The number of aliphatic hydroxyl groups excluding tert-OH is 1. The molecule has 0 bridgehead atoms. The van der Waals surface area contributed by atoms with Gasteiger partial charge < -0.3 is 10.4 Å². The Bertz CT molecular complexity index is 715. The van der Waals surface area contributed by atoms with Gasteiger partial charge in [-0.15, -0.1) is 0 Å². The molecule has 23 heavy (non-hydrogen) atoms. The lowest BCUT2D eigenvalue weighted by Gasteiger charge is -2.13. The summed E-state index contributed by atoms with van der Waals surface area (Å²) in [5.41, 5.74) is 3.15. The predicted octanol–water partition coefficient (Wildman–Crippen LogP) is 3.48. The first-order chi connectivity index (χ1) is 11.0. The van der Waals surface area contributed by atoms with E-state index in [0.717, 1.165) is 3.57 Å². The lowest BCUT2D eigenvalue weighted by Crippen LogP contribution is -2.25. The standard InChI is InChI=1S/C15H13ClFIN2O3/c16-12-8-10(18)2-4-13(12)19-14-7-9(17)1-3-11(14)15(22)20-23-6-5-21/h1-4,7-8,19,21H,5-6H2,(H,20,22). The summed E-state index contributed by atoms with van der Waals surface area (Å²) < 4.78 is 14.5. The number of rotatable bonds is 6. The van der Waals surface area contributed by atoms with E-state index in [1.165, 1.54) is 18.2 Å². The summed E-state index contributed by atoms with van der Waals surface area (Å²) in [5, 5.41) is 12.0. The SMILES string of the molecule is O=C(NOCCO)c1ccc(F)cc1Nc1ccc(I)cc1Cl. The fourth-order valence-corrected chi connectivity index (χ4v) is 2.67. The summed E-state index contributed by atoms with van der Waals surface area (Å²) >= 11 is 8.26. The number of carbonyl (C=O) groups excluding carboxylic acids is 1. The van der Waals surface area contributed by atoms with Gasteiger partial charge in [0.2, 0.25) is 0 Å². The van der Waals surface area contributed by atoms with Crippen molar-refractivity contribution in [2.75, 3.05) is 18.5 Å². The van der Waals surface area contributed by atoms with E-state index in [-0.39, 0.29) is 24.5 Å². The summed E-state index contributed by atoms with van der Waals surface area (Å²) in [6.45, 7) is -0.272. The topological polar surface area (TPSA) is 70.6 Å². The van der Waals surface area contributed by atoms with Gasteiger partial charge in [-0.25, -0.2) is 9.87 Å². The molecule has 0 unspecified atom stereocenters. The predicted molar refractivity (Wildman–Crippen MR) is 94.4 cm³/mol. The van der Waals surface area contributed by atoms with Gasteiger partial charge in [-0.2, -0.15) is 0 Å². The van der Waals surface area contributed by atoms with E-state index in [1.807, 2.05) is 6.07 Å². The number of halogens is 3. The summed E-state index contributed by atoms with van der Waals surface area (Å²) in [7, 11) is 0. The Kier molecular flexibility index (Phi) is 6.58. The summed E-state index contributed by atoms with van der Waals surface area (Å²) in [5.74, 6) is -1.07. The monoisotopic (exact) mass is 450 g/mol. The van der Waals surface area contributed by atoms with Crippen LogP contribution in [-0.4, -0.2) is 24.2 Å². The van der Waals surface area contributed by atoms with Gasteiger partial charge in [-0.1, -0.05) is 11.6 Å². The van der Waals surface area contributed by atoms with Gasteiger partial charge in [-0.05, 0) is 59.0 Å². The van der Waals surface area contributed by atoms with Gasteiger partial charge >= 0.3 is 0 Å². The third-order valence-electron chi connectivity index (χ3n) is 2.78. The van der Waals surface area contributed by atoms with E-state index >= 15 is 0 Å². The first-order valence-corrected chi connectivity index (χ1v) is 8.01. The molecule has 0 spiro atoms. The van der Waals surface area contributed by atoms with Crippen LogP contribution in [0.3, 0.4) is 0 Å². The number of nitrogens with one attached hydrogen (secondary N) is 2. The average Bonchev–Trinajstić information content (AvgIpc) is 2.50. The number of anilines is 2. The number of benzene rings is 2. The summed E-state index contributed by atoms with van der Waals surface area (Å²) in [4.78, 5) is 16.8. The van der Waals surface area contributed by atoms with Crippen molar-refractivity contribution in [1.82, 2.24) is 5.48 Å². The Balaban J connectivity index is 2.26. The number of hydrogen-bond acceptors (Lipinski definition) is 4. The second-order valence-electron chi connectivity index (χ2n) is 4.44. The highest BCUT2D eigenvalue weighted by molar-refractivity contribution is 14.1. The van der Waals surface area contributed by atoms with Crippen LogP contribution in [0.25, 0.3) is 0 Å². The van der Waals surface area contributed by atoms with Crippen molar-refractivity contribution in [2.45, 2.75) is 0 Å². The Morgan fingerprint density at radius 3 is 2.74 bits per heavy atom. The molecule has 8 heteroatoms. The van der Waals surface area contributed by atoms with Crippen molar-refractivity contribution in [3.05, 3.63) is 56.4 Å². The molecule has 3 N–H and O–H groups in total. The van der Waals surface area contributed by atoms with Crippen LogP contribution in [0.1, 0.15) is 10.4 Å². The summed E-state index contributed by atoms with van der Waals surface area (Å²) in [6, 6.07) is 9.00. The number of amides is 1. The highest BCUT2D eigenvalue weighted by atomic mass is 127. The minimum Gasteiger partial charge on any atom is -0.394 e. The van der Waals surface area contributed by atoms with Crippen LogP contribution in [0.5, 0.6) is 0 Å². The molecule has 5 nitrogen and oxygen atoms in total. The van der Waals surface area contributed by atoms with Crippen LogP contribution in [-0.2, 0) is 4.84 Å². The molecule has 0 aromatic heterocycles. The summed E-state index contributed by atoms with van der Waals surface area (Å²) in [6.07, 6.45) is 0. The van der Waals surface area contributed by atoms with Crippen LogP contribution >= 0.6 is 34.2 Å². The smallest absolute Gasteiger partial charge is 0.276 e. The van der Waals surface area contributed by atoms with Crippen LogP contribution in [0.2, 0.25) is 5.02 Å². The molecular formula is C15H13ClFIN2O3. The Morgan fingerprint density at radius 1 is 1.26 bits per heavy atom. The molecule has 2 rings (SSSR count). The van der Waals surface area contributed by atoms with E-state index in [2.05, 4.69) is 33.4 Å². The molecular weight excluding hydrogens is 438 g/mol. The third-order valence-corrected chi connectivity index (χ3v) is 3.77. The van der Waals surface area contributed by atoms with Crippen molar-refractivity contribution in [1.29, 1.82) is 0 Å². The largest absolute Gasteiger partial charge is 0.394 e. The van der Waals surface area contributed by atoms with Crippen LogP contribution in [0.15, 0.2) is 36.4 Å². The van der Waals surface area contributed by atoms with Crippen LogP contribution in [0.4, 0.5) is 15.8 Å². The number of hydrogen-bond donors (Lipinski definition) is 3. The number of aliphatic hydroxyl groups is 1. The lowest BCUT2D eigenvalue weighted by atomic mass is 10.1. The van der Waals surface area contributed by atoms with E-state index < -0.39 is 11.7 Å². The number of carbonyl (C=O) groups is 1. The number of hydroxylamine groups is 1. The molecule has 0 fully saturated rings. The highest BCUT2D eigenvalue weighted by Crippen LogP contribution is 2.29. The van der Waals surface area contributed by atoms with Crippen LogP contribution in [0, 0.1) is 9.39 Å². The minimum absolute atomic E-state index is 0.0430. The molecule has 0 heterocycles. The molecule has 122 valence electrons. The Morgan fingerprint density at radius 2 is 2.04 bits per heavy atom. The van der Waals surface area contributed by atoms with Crippen molar-refractivity contribution in [3.8, 4) is 0 Å². The van der Waals surface area contributed by atoms with Gasteiger partial charge in [0.15, 0.2) is 0 Å². The van der Waals surface area contributed by atoms with Gasteiger partial charge in [-0.3, -0.25) is 9.63 Å². The molecule has 0 atom stereocenters. The Hall–Kier alpha value is -1.42. The van der Waals surface area contributed by atoms with E-state index in [0.29, 0.717) is 10.7 Å². The van der Waals surface area contributed by atoms with Crippen LogP contribution < -0.4 is 10.8 Å². The molecule has 0 aliphatic carbocycles. The zero-order chi connectivity index (χ0) is 16.8. The second-order valence-corrected chi connectivity index (χ2v) is 6.10. The third kappa shape index (κ3) is 5.03. The minimum atomic E-state index is -0.567. The van der Waals surface area contributed by atoms with Crippen molar-refractivity contribution >= 4 is 51.5 Å². The van der Waals surface area contributed by atoms with Gasteiger partial charge in [0, 0.05) is 3.57 Å². The fourth-order valence-electron chi connectivity index (χ4n) is 1.77. The molecule has 0 saturated heterocycles. The van der Waals surface area contributed by atoms with Gasteiger partial charge in [0.1, 0.15) is 5.82 Å². The van der Waals surface area contributed by atoms with Gasteiger partial charge in [0.05, 0.1) is 35.2 Å². The lowest BCUT2D eigenvalue weighted by molar-refractivity contribution is 0.0169. The maximum Gasteiger partial charge on any atom is 0.276 e. The first kappa shape index (κ1) is 17.9. The highest BCUT2D eigenvalue weighted by Gasteiger charge is 2.14. The van der Waals surface area contributed by atoms with Crippen molar-refractivity contribution in [2.24, 2.45) is 0 Å². The van der Waals surface area contributed by atoms with E-state index in [1.54, 1.807) is 12.1 Å². The molecule has 0 saturated carbocycles. The normalized spacial score (nSPS) is 10.4. The van der Waals surface area contributed by atoms with Crippen molar-refractivity contribution in [3.63, 3.8) is 0 Å². The van der Waals surface area contributed by atoms with Gasteiger partial charge in [0.25, 0.3) is 5.91 Å². The molecule has 2 aromatic rings. The average molecular weight is 451 g/mol. The molecule has 0 aliphatic heterocycles. The first-order valence-electron chi connectivity index (χ1n) is 6.56. The van der Waals surface area contributed by atoms with Crippen molar-refractivity contribution < 1.29 is 19.1 Å².